The molecule has 0 aromatic carbocycles. The third kappa shape index (κ3) is 2.70. The Hall–Kier alpha value is -1.41. The number of nitrogens with zero attached hydrogens (tertiary/aromatic N) is 1. The summed E-state index contributed by atoms with van der Waals surface area (Å²) < 4.78 is 23.1. The van der Waals surface area contributed by atoms with E-state index in [1.165, 1.54) is 0 Å². The summed E-state index contributed by atoms with van der Waals surface area (Å²) in [7, 11) is -3.96. The largest absolute Gasteiger partial charge is 0.348 e. The molecule has 1 amide bonds. The Balaban J connectivity index is 2.37. The van der Waals surface area contributed by atoms with Crippen molar-refractivity contribution >= 4 is 15.9 Å². The fourth-order valence-electron chi connectivity index (χ4n) is 1.73. The highest BCUT2D eigenvalue weighted by molar-refractivity contribution is 7.89. The van der Waals surface area contributed by atoms with Gasteiger partial charge in [0.2, 0.25) is 10.0 Å². The Morgan fingerprint density at radius 1 is 1.56 bits per heavy atom. The maximum Gasteiger partial charge on any atom is 0.273 e. The molecule has 4 N–H and O–H groups in total. The molecule has 0 saturated heterocycles. The van der Waals surface area contributed by atoms with E-state index in [1.54, 1.807) is 0 Å². The number of rotatable bonds is 5. The molecule has 8 heteroatoms. The summed E-state index contributed by atoms with van der Waals surface area (Å²) in [5.41, 5.74) is 0.258. The van der Waals surface area contributed by atoms with E-state index < -0.39 is 15.9 Å². The van der Waals surface area contributed by atoms with Crippen molar-refractivity contribution in [2.24, 2.45) is 5.14 Å². The molecule has 1 aliphatic rings. The van der Waals surface area contributed by atoms with E-state index in [4.69, 9.17) is 5.14 Å². The van der Waals surface area contributed by atoms with Crippen LogP contribution in [0.1, 0.15) is 42.4 Å². The summed E-state index contributed by atoms with van der Waals surface area (Å²) in [5, 5.41) is 14.2. The Kier molecular flexibility index (Phi) is 3.40. The van der Waals surface area contributed by atoms with Crippen LogP contribution in [0.2, 0.25) is 0 Å². The Labute approximate surface area is 105 Å². The number of hydrogen-bond acceptors (Lipinski definition) is 4. The summed E-state index contributed by atoms with van der Waals surface area (Å²) in [4.78, 5) is 11.7. The molecule has 100 valence electrons. The van der Waals surface area contributed by atoms with E-state index >= 15 is 0 Å². The summed E-state index contributed by atoms with van der Waals surface area (Å²) in [6.45, 7) is 1.90. The number of primary sulfonamides is 1. The molecule has 1 heterocycles. The lowest BCUT2D eigenvalue weighted by molar-refractivity contribution is 0.0942. The zero-order valence-corrected chi connectivity index (χ0v) is 10.9. The maximum absolute atomic E-state index is 11.9. The molecule has 0 atom stereocenters. The number of H-pyrrole nitrogens is 1. The molecule has 1 aromatic heterocycles. The van der Waals surface area contributed by atoms with Gasteiger partial charge in [-0.3, -0.25) is 9.89 Å². The van der Waals surface area contributed by atoms with Crippen LogP contribution in [0.25, 0.3) is 0 Å². The number of aryl methyl sites for hydroxylation is 1. The van der Waals surface area contributed by atoms with Gasteiger partial charge in [0.25, 0.3) is 5.91 Å². The van der Waals surface area contributed by atoms with Crippen LogP contribution in [0.4, 0.5) is 0 Å². The van der Waals surface area contributed by atoms with E-state index in [1.807, 2.05) is 6.92 Å². The van der Waals surface area contributed by atoms with Gasteiger partial charge in [-0.15, -0.1) is 0 Å². The molecule has 0 unspecified atom stereocenters. The van der Waals surface area contributed by atoms with E-state index in [-0.39, 0.29) is 16.6 Å². The third-order valence-electron chi connectivity index (χ3n) is 2.70. The topological polar surface area (TPSA) is 118 Å². The maximum atomic E-state index is 11.9. The van der Waals surface area contributed by atoms with Crippen LogP contribution in [-0.4, -0.2) is 30.6 Å². The molecule has 1 aliphatic carbocycles. The molecule has 18 heavy (non-hydrogen) atoms. The van der Waals surface area contributed by atoms with Crippen LogP contribution in [-0.2, 0) is 16.4 Å². The van der Waals surface area contributed by atoms with Crippen LogP contribution in [0.15, 0.2) is 4.90 Å². The monoisotopic (exact) mass is 272 g/mol. The number of sulfonamides is 1. The number of hydrogen-bond donors (Lipinski definition) is 3. The normalized spacial score (nSPS) is 15.7. The van der Waals surface area contributed by atoms with Gasteiger partial charge in [0.05, 0.1) is 5.69 Å². The van der Waals surface area contributed by atoms with Gasteiger partial charge in [-0.2, -0.15) is 5.10 Å². The molecule has 0 spiro atoms. The summed E-state index contributed by atoms with van der Waals surface area (Å²) in [5.74, 6) is -0.486. The van der Waals surface area contributed by atoms with Crippen molar-refractivity contribution in [1.82, 2.24) is 15.5 Å². The fourth-order valence-corrected chi connectivity index (χ4v) is 2.63. The molecular weight excluding hydrogens is 256 g/mol. The number of aromatic amines is 1. The first-order valence-electron chi connectivity index (χ1n) is 5.84. The van der Waals surface area contributed by atoms with Crippen LogP contribution >= 0.6 is 0 Å². The zero-order valence-electron chi connectivity index (χ0n) is 10.1. The van der Waals surface area contributed by atoms with Gasteiger partial charge < -0.3 is 5.32 Å². The van der Waals surface area contributed by atoms with E-state index in [9.17, 15) is 13.2 Å². The van der Waals surface area contributed by atoms with Gasteiger partial charge >= 0.3 is 0 Å². The first kappa shape index (κ1) is 13.0. The lowest BCUT2D eigenvalue weighted by Crippen LogP contribution is -2.28. The highest BCUT2D eigenvalue weighted by Gasteiger charge is 2.30. The quantitative estimate of drug-likeness (QED) is 0.693. The summed E-state index contributed by atoms with van der Waals surface area (Å²) in [6, 6.07) is 0.136. The van der Waals surface area contributed by atoms with Crippen LogP contribution in [0, 0.1) is 0 Å². The Bertz CT molecular complexity index is 560. The fraction of sp³-hybridized carbons (Fsp3) is 0.600. The first-order chi connectivity index (χ1) is 8.43. The SMILES string of the molecule is CCCc1[nH]nc(C(=O)NC2CC2)c1S(N)(=O)=O. The molecule has 0 aliphatic heterocycles. The second-order valence-corrected chi connectivity index (χ2v) is 5.92. The van der Waals surface area contributed by atoms with Gasteiger partial charge in [0.15, 0.2) is 5.69 Å². The van der Waals surface area contributed by atoms with Gasteiger partial charge in [0.1, 0.15) is 4.90 Å². The Morgan fingerprint density at radius 2 is 2.22 bits per heavy atom. The second-order valence-electron chi connectivity index (χ2n) is 4.42. The van der Waals surface area contributed by atoms with Crippen LogP contribution < -0.4 is 10.5 Å². The first-order valence-corrected chi connectivity index (χ1v) is 7.39. The van der Waals surface area contributed by atoms with E-state index in [2.05, 4.69) is 15.5 Å². The molecule has 1 aromatic rings. The summed E-state index contributed by atoms with van der Waals surface area (Å²) >= 11 is 0. The predicted molar refractivity (Wildman–Crippen MR) is 64.4 cm³/mol. The minimum atomic E-state index is -3.96. The standard InChI is InChI=1S/C10H16N4O3S/c1-2-3-7-9(18(11,16)17)8(14-13-7)10(15)12-6-4-5-6/h6H,2-5H2,1H3,(H,12,15)(H,13,14)(H2,11,16,17). The van der Waals surface area contributed by atoms with Crippen molar-refractivity contribution < 1.29 is 13.2 Å². The van der Waals surface area contributed by atoms with Gasteiger partial charge in [0, 0.05) is 6.04 Å². The lowest BCUT2D eigenvalue weighted by atomic mass is 10.2. The van der Waals surface area contributed by atoms with Crippen molar-refractivity contribution in [1.29, 1.82) is 0 Å². The third-order valence-corrected chi connectivity index (χ3v) is 3.71. The molecule has 2 rings (SSSR count). The van der Waals surface area contributed by atoms with Crippen molar-refractivity contribution in [3.05, 3.63) is 11.4 Å². The smallest absolute Gasteiger partial charge is 0.273 e. The molecule has 1 saturated carbocycles. The lowest BCUT2D eigenvalue weighted by Gasteiger charge is -2.03. The van der Waals surface area contributed by atoms with Crippen LogP contribution in [0.3, 0.4) is 0 Å². The number of amides is 1. The van der Waals surface area contributed by atoms with Crippen LogP contribution in [0.5, 0.6) is 0 Å². The van der Waals surface area contributed by atoms with Gasteiger partial charge in [-0.25, -0.2) is 13.6 Å². The number of nitrogens with one attached hydrogen (secondary N) is 2. The van der Waals surface area contributed by atoms with Crippen molar-refractivity contribution in [2.45, 2.75) is 43.5 Å². The predicted octanol–water partition coefficient (Wildman–Crippen LogP) is -0.0982. The second kappa shape index (κ2) is 4.69. The molecule has 7 nitrogen and oxygen atoms in total. The number of carbonyl (C=O) groups excluding carboxylic acids is 1. The Morgan fingerprint density at radius 3 is 2.72 bits per heavy atom. The summed E-state index contributed by atoms with van der Waals surface area (Å²) in [6.07, 6.45) is 3.05. The number of nitrogens with two attached hydrogens (primary N) is 1. The molecule has 1 fully saturated rings. The minimum Gasteiger partial charge on any atom is -0.348 e. The average Bonchev–Trinajstić information content (AvgIpc) is 2.94. The highest BCUT2D eigenvalue weighted by atomic mass is 32.2. The average molecular weight is 272 g/mol. The highest BCUT2D eigenvalue weighted by Crippen LogP contribution is 2.22. The minimum absolute atomic E-state index is 0.132. The number of carbonyl (C=O) groups is 1. The molecular formula is C10H16N4O3S. The van der Waals surface area contributed by atoms with Gasteiger partial charge in [-0.1, -0.05) is 13.3 Å². The number of aromatic nitrogens is 2. The molecule has 0 bridgehead atoms. The van der Waals surface area contributed by atoms with Gasteiger partial charge in [-0.05, 0) is 19.3 Å². The van der Waals surface area contributed by atoms with Crippen molar-refractivity contribution in [3.63, 3.8) is 0 Å². The van der Waals surface area contributed by atoms with E-state index in [0.717, 1.165) is 19.3 Å². The zero-order chi connectivity index (χ0) is 13.3. The van der Waals surface area contributed by atoms with E-state index in [0.29, 0.717) is 12.1 Å². The molecule has 0 radical (unpaired) electrons. The van der Waals surface area contributed by atoms with Crippen molar-refractivity contribution in [3.8, 4) is 0 Å². The van der Waals surface area contributed by atoms with Crippen molar-refractivity contribution in [2.75, 3.05) is 0 Å².